The highest BCUT2D eigenvalue weighted by molar-refractivity contribution is 7.84. The van der Waals surface area contributed by atoms with Crippen LogP contribution in [0.3, 0.4) is 0 Å². The molecule has 6 heteroatoms. The Kier molecular flexibility index (Phi) is 5.89. The van der Waals surface area contributed by atoms with Gasteiger partial charge in [0.25, 0.3) is 0 Å². The van der Waals surface area contributed by atoms with Gasteiger partial charge in [0.05, 0.1) is 38.5 Å². The molecule has 0 aromatic heterocycles. The van der Waals surface area contributed by atoms with Crippen LogP contribution in [0.1, 0.15) is 13.8 Å². The first-order valence-corrected chi connectivity index (χ1v) is 7.32. The van der Waals surface area contributed by atoms with E-state index in [0.717, 1.165) is 16.4 Å². The maximum absolute atomic E-state index is 10.8. The van der Waals surface area contributed by atoms with E-state index in [0.29, 0.717) is 0 Å². The summed E-state index contributed by atoms with van der Waals surface area (Å²) in [6.45, 7) is 4.29. The molecule has 0 spiro atoms. The van der Waals surface area contributed by atoms with Crippen LogP contribution in [0.4, 0.5) is 0 Å². The number of hydrogen-bond donors (Lipinski definition) is 2. The average molecular weight is 437 g/mol. The maximum Gasteiger partial charge on any atom is 0.165 e. The number of nitrogens with zero attached hydrogens (tertiary/aromatic N) is 1. The summed E-state index contributed by atoms with van der Waals surface area (Å²) < 4.78 is 5.64. The first-order valence-electron chi connectivity index (χ1n) is 6.47. The fourth-order valence-electron chi connectivity index (χ4n) is 3.21. The van der Waals surface area contributed by atoms with Crippen molar-refractivity contribution in [3.8, 4) is 0 Å². The van der Waals surface area contributed by atoms with Crippen molar-refractivity contribution in [3.05, 3.63) is 40.7 Å². The Morgan fingerprint density at radius 2 is 2.14 bits per heavy atom. The van der Waals surface area contributed by atoms with E-state index in [-0.39, 0.29) is 45.2 Å². The lowest BCUT2D eigenvalue weighted by atomic mass is 9.66. The van der Waals surface area contributed by atoms with Gasteiger partial charge >= 0.3 is 0 Å². The molecule has 116 valence electrons. The van der Waals surface area contributed by atoms with Crippen LogP contribution in [-0.4, -0.2) is 30.0 Å². The summed E-state index contributed by atoms with van der Waals surface area (Å²) in [6, 6.07) is 0.0928. The Hall–Kier alpha value is -0.140. The summed E-state index contributed by atoms with van der Waals surface area (Å²) in [5, 5.41) is 0. The number of rotatable bonds is 2. The van der Waals surface area contributed by atoms with Crippen LogP contribution in [0.5, 0.6) is 0 Å². The summed E-state index contributed by atoms with van der Waals surface area (Å²) in [4.78, 5) is 11.7. The third kappa shape index (κ3) is 2.88. The number of carbonyl (C=O) groups excluding carboxylic acids is 1. The topological polar surface area (TPSA) is 26.3 Å². The Bertz CT molecular complexity index is 576. The van der Waals surface area contributed by atoms with E-state index >= 15 is 0 Å². The molecule has 4 atom stereocenters. The molecule has 0 radical (unpaired) electrons. The van der Waals surface area contributed by atoms with Crippen molar-refractivity contribution in [1.82, 2.24) is 0 Å². The largest absolute Gasteiger partial charge is 1.00 e. The average Bonchev–Trinajstić information content (AvgIpc) is 2.41. The van der Waals surface area contributed by atoms with E-state index in [1.165, 1.54) is 6.08 Å². The van der Waals surface area contributed by atoms with Crippen LogP contribution >= 0.6 is 25.4 Å². The van der Waals surface area contributed by atoms with Gasteiger partial charge in [0.2, 0.25) is 0 Å². The molecular formula is C15H20INO2S2. The zero-order valence-corrected chi connectivity index (χ0v) is 16.4. The van der Waals surface area contributed by atoms with Gasteiger partial charge in [-0.1, -0.05) is 6.92 Å². The van der Waals surface area contributed by atoms with Crippen molar-refractivity contribution in [1.29, 1.82) is 0 Å². The highest BCUT2D eigenvalue weighted by Gasteiger charge is 2.55. The number of hydrogen-bond acceptors (Lipinski definition) is 4. The second kappa shape index (κ2) is 6.54. The molecule has 3 nitrogen and oxygen atoms in total. The minimum absolute atomic E-state index is 0. The molecule has 1 aliphatic carbocycles. The smallest absolute Gasteiger partial charge is 0.165 e. The van der Waals surface area contributed by atoms with Crippen LogP contribution in [0, 0.1) is 11.3 Å². The fourth-order valence-corrected chi connectivity index (χ4v) is 4.33. The van der Waals surface area contributed by atoms with Crippen LogP contribution in [0.15, 0.2) is 40.7 Å². The summed E-state index contributed by atoms with van der Waals surface area (Å²) in [6.07, 6.45) is 7.63. The number of ether oxygens (including phenoxy) is 1. The molecule has 0 bridgehead atoms. The molecule has 21 heavy (non-hydrogen) atoms. The zero-order valence-electron chi connectivity index (χ0n) is 12.5. The number of quaternary nitrogens is 1. The molecule has 0 saturated heterocycles. The van der Waals surface area contributed by atoms with Gasteiger partial charge in [0.15, 0.2) is 5.70 Å². The summed E-state index contributed by atoms with van der Waals surface area (Å²) in [5.41, 5.74) is 0.619. The molecule has 0 saturated carbocycles. The van der Waals surface area contributed by atoms with Crippen molar-refractivity contribution < 1.29 is 37.4 Å². The Balaban J connectivity index is 0.00000220. The lowest BCUT2D eigenvalue weighted by Gasteiger charge is -2.51. The van der Waals surface area contributed by atoms with Crippen molar-refractivity contribution >= 4 is 31.4 Å². The van der Waals surface area contributed by atoms with E-state index in [1.807, 2.05) is 19.1 Å². The summed E-state index contributed by atoms with van der Waals surface area (Å²) in [5.74, 6) is 2.86. The molecular weight excluding hydrogens is 417 g/mol. The van der Waals surface area contributed by atoms with Crippen LogP contribution in [-0.2, 0) is 9.53 Å². The van der Waals surface area contributed by atoms with E-state index in [9.17, 15) is 4.79 Å². The highest BCUT2D eigenvalue weighted by atomic mass is 127. The van der Waals surface area contributed by atoms with Gasteiger partial charge in [-0.2, -0.15) is 0 Å². The van der Waals surface area contributed by atoms with E-state index in [1.54, 1.807) is 7.11 Å². The fraction of sp³-hybridized carbons (Fsp3) is 0.467. The van der Waals surface area contributed by atoms with Gasteiger partial charge in [0.1, 0.15) is 17.7 Å². The van der Waals surface area contributed by atoms with E-state index in [2.05, 4.69) is 38.6 Å². The first kappa shape index (κ1) is 18.9. The molecule has 0 aromatic rings. The lowest BCUT2D eigenvalue weighted by molar-refractivity contribution is -0.761. The van der Waals surface area contributed by atoms with Crippen LogP contribution < -0.4 is 24.0 Å². The molecule has 4 unspecified atom stereocenters. The van der Waals surface area contributed by atoms with Gasteiger partial charge in [-0.25, -0.2) is 8.68 Å². The molecule has 0 N–H and O–H groups in total. The lowest BCUT2D eigenvalue weighted by Crippen LogP contribution is -3.00. The van der Waals surface area contributed by atoms with Gasteiger partial charge in [-0.05, 0) is 25.2 Å². The normalized spacial score (nSPS) is 37.9. The third-order valence-corrected chi connectivity index (χ3v) is 5.68. The first-order chi connectivity index (χ1) is 9.29. The van der Waals surface area contributed by atoms with Gasteiger partial charge in [-0.15, -0.1) is 12.6 Å². The third-order valence-electron chi connectivity index (χ3n) is 4.60. The molecule has 2 rings (SSSR count). The molecule has 1 heterocycles. The maximum atomic E-state index is 10.8. The standard InChI is InChI=1S/C15H19NO2S2.HI/c1-10-14(19)12(7-8-17)16(3,20)13-6-5-11(18-4)9-15(10,13)2;/h5-7,9-10,13,20H,1-4H3;1H. The zero-order chi connectivity index (χ0) is 15.1. The van der Waals surface area contributed by atoms with Crippen molar-refractivity contribution in [2.24, 2.45) is 11.3 Å². The van der Waals surface area contributed by atoms with Crippen LogP contribution in [0.25, 0.3) is 0 Å². The molecule has 0 amide bonds. The van der Waals surface area contributed by atoms with Crippen molar-refractivity contribution in [3.63, 3.8) is 0 Å². The number of likely N-dealkylation sites (N-methyl/N-ethyl adjacent to an activating group) is 1. The Morgan fingerprint density at radius 3 is 2.67 bits per heavy atom. The summed E-state index contributed by atoms with van der Waals surface area (Å²) in [7, 11) is 3.63. The number of thiol groups is 2. The number of methoxy groups -OCH3 is 1. The molecule has 0 aromatic carbocycles. The minimum atomic E-state index is -0.173. The number of fused-ring (bicyclic) bond motifs is 1. The predicted molar refractivity (Wildman–Crippen MR) is 86.7 cm³/mol. The summed E-state index contributed by atoms with van der Waals surface area (Å²) >= 11 is 9.42. The molecule has 0 fully saturated rings. The van der Waals surface area contributed by atoms with Crippen molar-refractivity contribution in [2.75, 3.05) is 14.2 Å². The second-order valence-corrected chi connectivity index (χ2v) is 7.01. The van der Waals surface area contributed by atoms with E-state index in [4.69, 9.17) is 17.6 Å². The second-order valence-electron chi connectivity index (χ2n) is 5.70. The van der Waals surface area contributed by atoms with Crippen LogP contribution in [0.2, 0.25) is 0 Å². The monoisotopic (exact) mass is 437 g/mol. The van der Waals surface area contributed by atoms with Gasteiger partial charge < -0.3 is 28.7 Å². The number of halogens is 1. The number of allylic oxidation sites excluding steroid dienone is 3. The van der Waals surface area contributed by atoms with Crippen molar-refractivity contribution in [2.45, 2.75) is 19.9 Å². The predicted octanol–water partition coefficient (Wildman–Crippen LogP) is -0.0643. The van der Waals surface area contributed by atoms with Gasteiger partial charge in [0, 0.05) is 10.8 Å². The Morgan fingerprint density at radius 1 is 1.52 bits per heavy atom. The minimum Gasteiger partial charge on any atom is -1.00 e. The Labute approximate surface area is 154 Å². The molecule has 1 aliphatic heterocycles. The van der Waals surface area contributed by atoms with Gasteiger partial charge in [-0.3, -0.25) is 0 Å². The molecule has 2 aliphatic rings. The quantitative estimate of drug-likeness (QED) is 0.274. The highest BCUT2D eigenvalue weighted by Crippen LogP contribution is 2.53. The SMILES string of the molecule is COC1=CC2(C)C(C)C(S)=C(C=C=O)[N+](C)(S)C2C=C1.[I-]. The van der Waals surface area contributed by atoms with E-state index < -0.39 is 0 Å².